The Morgan fingerprint density at radius 1 is 1.10 bits per heavy atom. The van der Waals surface area contributed by atoms with Crippen LogP contribution in [-0.4, -0.2) is 57.2 Å². The van der Waals surface area contributed by atoms with Crippen LogP contribution in [0, 0.1) is 5.92 Å². The summed E-state index contributed by atoms with van der Waals surface area (Å²) in [5, 5.41) is 2.80. The SMILES string of the molecule is O=C(NCCS(=O)(=O)N1CCOCC1)C1CCCCCC1. The molecule has 1 amide bonds. The van der Waals surface area contributed by atoms with Gasteiger partial charge in [0.05, 0.1) is 19.0 Å². The number of morpholine rings is 1. The predicted molar refractivity (Wildman–Crippen MR) is 80.4 cm³/mol. The molecule has 0 unspecified atom stereocenters. The summed E-state index contributed by atoms with van der Waals surface area (Å²) in [5.74, 6) is 0.0681. The van der Waals surface area contributed by atoms with Gasteiger partial charge in [0, 0.05) is 25.6 Å². The Morgan fingerprint density at radius 3 is 2.33 bits per heavy atom. The summed E-state index contributed by atoms with van der Waals surface area (Å²) in [7, 11) is -3.28. The zero-order valence-corrected chi connectivity index (χ0v) is 13.4. The predicted octanol–water partition coefficient (Wildman–Crippen LogP) is 0.735. The summed E-state index contributed by atoms with van der Waals surface area (Å²) in [5.41, 5.74) is 0. The van der Waals surface area contributed by atoms with Gasteiger partial charge in [-0.1, -0.05) is 25.7 Å². The van der Waals surface area contributed by atoms with Crippen LogP contribution in [0.1, 0.15) is 38.5 Å². The number of hydrogen-bond acceptors (Lipinski definition) is 4. The van der Waals surface area contributed by atoms with Crippen molar-refractivity contribution in [1.82, 2.24) is 9.62 Å². The first-order valence-electron chi connectivity index (χ1n) is 7.93. The smallest absolute Gasteiger partial charge is 0.223 e. The molecule has 1 heterocycles. The number of nitrogens with one attached hydrogen (secondary N) is 1. The van der Waals surface area contributed by atoms with E-state index >= 15 is 0 Å². The zero-order chi connectivity index (χ0) is 15.1. The van der Waals surface area contributed by atoms with Gasteiger partial charge in [-0.2, -0.15) is 4.31 Å². The molecule has 2 aliphatic rings. The van der Waals surface area contributed by atoms with Crippen LogP contribution < -0.4 is 5.32 Å². The number of amides is 1. The van der Waals surface area contributed by atoms with Crippen LogP contribution in [0.2, 0.25) is 0 Å². The van der Waals surface area contributed by atoms with Crippen LogP contribution in [0.5, 0.6) is 0 Å². The van der Waals surface area contributed by atoms with Gasteiger partial charge < -0.3 is 10.1 Å². The molecule has 0 radical (unpaired) electrons. The molecule has 0 aromatic rings. The third-order valence-electron chi connectivity index (χ3n) is 4.25. The van der Waals surface area contributed by atoms with Crippen LogP contribution in [0.25, 0.3) is 0 Å². The Kier molecular flexibility index (Phi) is 6.44. The van der Waals surface area contributed by atoms with E-state index in [1.165, 1.54) is 17.1 Å². The highest BCUT2D eigenvalue weighted by atomic mass is 32.2. The maximum atomic E-state index is 12.1. The molecule has 1 N–H and O–H groups in total. The van der Waals surface area contributed by atoms with E-state index in [0.717, 1.165) is 25.7 Å². The third-order valence-corrected chi connectivity index (χ3v) is 6.12. The van der Waals surface area contributed by atoms with E-state index in [-0.39, 0.29) is 24.1 Å². The van der Waals surface area contributed by atoms with E-state index in [2.05, 4.69) is 5.32 Å². The van der Waals surface area contributed by atoms with Gasteiger partial charge in [0.1, 0.15) is 0 Å². The van der Waals surface area contributed by atoms with E-state index in [1.807, 2.05) is 0 Å². The van der Waals surface area contributed by atoms with E-state index < -0.39 is 10.0 Å². The first kappa shape index (κ1) is 16.7. The Hall–Kier alpha value is -0.660. The summed E-state index contributed by atoms with van der Waals surface area (Å²) in [6.07, 6.45) is 6.48. The number of sulfonamides is 1. The maximum absolute atomic E-state index is 12.1. The first-order chi connectivity index (χ1) is 10.1. The highest BCUT2D eigenvalue weighted by molar-refractivity contribution is 7.89. The minimum Gasteiger partial charge on any atom is -0.379 e. The molecule has 21 heavy (non-hydrogen) atoms. The topological polar surface area (TPSA) is 75.7 Å². The van der Waals surface area contributed by atoms with E-state index in [4.69, 9.17) is 4.74 Å². The number of nitrogens with zero attached hydrogens (tertiary/aromatic N) is 1. The van der Waals surface area contributed by atoms with Crippen molar-refractivity contribution in [3.8, 4) is 0 Å². The summed E-state index contributed by atoms with van der Waals surface area (Å²) < 4.78 is 30.8. The monoisotopic (exact) mass is 318 g/mol. The first-order valence-corrected chi connectivity index (χ1v) is 9.54. The highest BCUT2D eigenvalue weighted by Crippen LogP contribution is 2.22. The Morgan fingerprint density at radius 2 is 1.71 bits per heavy atom. The van der Waals surface area contributed by atoms with E-state index in [1.54, 1.807) is 0 Å². The van der Waals surface area contributed by atoms with Gasteiger partial charge in [-0.3, -0.25) is 4.79 Å². The molecule has 2 rings (SSSR count). The molecule has 0 aromatic heterocycles. The maximum Gasteiger partial charge on any atom is 0.223 e. The molecule has 1 saturated carbocycles. The van der Waals surface area contributed by atoms with Crippen molar-refractivity contribution in [3.63, 3.8) is 0 Å². The lowest BCUT2D eigenvalue weighted by molar-refractivity contribution is -0.125. The normalized spacial score (nSPS) is 22.7. The van der Waals surface area contributed by atoms with Gasteiger partial charge in [-0.15, -0.1) is 0 Å². The van der Waals surface area contributed by atoms with Crippen molar-refractivity contribution in [2.75, 3.05) is 38.6 Å². The number of ether oxygens (including phenoxy) is 1. The van der Waals surface area contributed by atoms with E-state index in [0.29, 0.717) is 26.3 Å². The highest BCUT2D eigenvalue weighted by Gasteiger charge is 2.25. The zero-order valence-electron chi connectivity index (χ0n) is 12.6. The second-order valence-electron chi connectivity index (χ2n) is 5.81. The van der Waals surface area contributed by atoms with Crippen LogP contribution in [0.15, 0.2) is 0 Å². The van der Waals surface area contributed by atoms with Crippen molar-refractivity contribution in [2.24, 2.45) is 5.92 Å². The van der Waals surface area contributed by atoms with Crippen LogP contribution in [0.3, 0.4) is 0 Å². The van der Waals surface area contributed by atoms with Crippen molar-refractivity contribution < 1.29 is 17.9 Å². The lowest BCUT2D eigenvalue weighted by Gasteiger charge is -2.26. The van der Waals surface area contributed by atoms with Gasteiger partial charge >= 0.3 is 0 Å². The average Bonchev–Trinajstić information content (AvgIpc) is 2.77. The van der Waals surface area contributed by atoms with Gasteiger partial charge in [-0.25, -0.2) is 8.42 Å². The van der Waals surface area contributed by atoms with Crippen molar-refractivity contribution in [1.29, 1.82) is 0 Å². The summed E-state index contributed by atoms with van der Waals surface area (Å²) in [6.45, 7) is 1.94. The fraction of sp³-hybridized carbons (Fsp3) is 0.929. The fourth-order valence-electron chi connectivity index (χ4n) is 2.94. The second-order valence-corrected chi connectivity index (χ2v) is 7.90. The molecule has 2 fully saturated rings. The molecular formula is C14H26N2O4S. The van der Waals surface area contributed by atoms with Crippen molar-refractivity contribution in [2.45, 2.75) is 38.5 Å². The standard InChI is InChI=1S/C14H26N2O4S/c17-14(13-5-3-1-2-4-6-13)15-7-12-21(18,19)16-8-10-20-11-9-16/h13H,1-12H2,(H,15,17). The van der Waals surface area contributed by atoms with Crippen LogP contribution >= 0.6 is 0 Å². The van der Waals surface area contributed by atoms with Gasteiger partial charge in [0.15, 0.2) is 0 Å². The molecule has 0 atom stereocenters. The van der Waals surface area contributed by atoms with Gasteiger partial charge in [0.2, 0.25) is 15.9 Å². The van der Waals surface area contributed by atoms with Crippen LogP contribution in [0.4, 0.5) is 0 Å². The van der Waals surface area contributed by atoms with E-state index in [9.17, 15) is 13.2 Å². The molecular weight excluding hydrogens is 292 g/mol. The Bertz CT molecular complexity index is 424. The third kappa shape index (κ3) is 5.23. The van der Waals surface area contributed by atoms with Crippen LogP contribution in [-0.2, 0) is 19.6 Å². The van der Waals surface area contributed by atoms with Crippen molar-refractivity contribution in [3.05, 3.63) is 0 Å². The number of hydrogen-bond donors (Lipinski definition) is 1. The van der Waals surface area contributed by atoms with Crippen molar-refractivity contribution >= 4 is 15.9 Å². The molecule has 1 saturated heterocycles. The Labute approximate surface area is 127 Å². The lowest BCUT2D eigenvalue weighted by Crippen LogP contribution is -2.44. The summed E-state index contributed by atoms with van der Waals surface area (Å²) >= 11 is 0. The lowest BCUT2D eigenvalue weighted by atomic mass is 10.00. The number of carbonyl (C=O) groups is 1. The average molecular weight is 318 g/mol. The largest absolute Gasteiger partial charge is 0.379 e. The molecule has 6 nitrogen and oxygen atoms in total. The quantitative estimate of drug-likeness (QED) is 0.759. The summed E-state index contributed by atoms with van der Waals surface area (Å²) in [6, 6.07) is 0. The van der Waals surface area contributed by atoms with Gasteiger partial charge in [0.25, 0.3) is 0 Å². The fourth-order valence-corrected chi connectivity index (χ4v) is 4.27. The summed E-state index contributed by atoms with van der Waals surface area (Å²) in [4.78, 5) is 12.1. The van der Waals surface area contributed by atoms with Gasteiger partial charge in [-0.05, 0) is 12.8 Å². The molecule has 0 bridgehead atoms. The minimum atomic E-state index is -3.28. The second kappa shape index (κ2) is 8.10. The number of rotatable bonds is 5. The molecule has 0 spiro atoms. The Balaban J connectivity index is 1.73. The minimum absolute atomic E-state index is 0.0223. The molecule has 122 valence electrons. The molecule has 1 aliphatic heterocycles. The molecule has 7 heteroatoms. The number of carbonyl (C=O) groups excluding carboxylic acids is 1. The molecule has 0 aromatic carbocycles. The molecule has 1 aliphatic carbocycles.